The molecule has 3 heterocycles. The number of benzene rings is 2. The second-order valence-electron chi connectivity index (χ2n) is 8.70. The highest BCUT2D eigenvalue weighted by molar-refractivity contribution is 5.98. The van der Waals surface area contributed by atoms with Gasteiger partial charge in [-0.25, -0.2) is 14.6 Å². The van der Waals surface area contributed by atoms with Gasteiger partial charge in [-0.2, -0.15) is 5.10 Å². The molecule has 10 nitrogen and oxygen atoms in total. The maximum atomic E-state index is 12.6. The highest BCUT2D eigenvalue weighted by atomic mass is 16.5. The molecule has 4 N–H and O–H groups in total. The molecule has 186 valence electrons. The largest absolute Gasteiger partial charge is 0.496 e. The first-order chi connectivity index (χ1) is 17.6. The normalized spacial score (nSPS) is 17.7. The molecule has 10 heteroatoms. The van der Waals surface area contributed by atoms with Crippen LogP contribution in [0.4, 0.5) is 5.82 Å². The number of aliphatic hydroxyl groups is 1. The van der Waals surface area contributed by atoms with Crippen LogP contribution in [0.2, 0.25) is 0 Å². The summed E-state index contributed by atoms with van der Waals surface area (Å²) in [5.74, 6) is 0.687. The predicted octanol–water partition coefficient (Wildman–Crippen LogP) is 2.73. The number of rotatable bonds is 7. The average molecular weight is 489 g/mol. The van der Waals surface area contributed by atoms with Crippen LogP contribution < -0.4 is 15.8 Å². The smallest absolute Gasteiger partial charge is 0.255 e. The lowest BCUT2D eigenvalue weighted by Crippen LogP contribution is -2.30. The molecule has 1 aliphatic rings. The summed E-state index contributed by atoms with van der Waals surface area (Å²) in [6, 6.07) is 14.9. The van der Waals surface area contributed by atoms with Crippen molar-refractivity contribution in [3.05, 3.63) is 66.0 Å². The number of nitrogens with zero attached hydrogens (tertiary/aromatic N) is 4. The minimum absolute atomic E-state index is 0.0113. The lowest BCUT2D eigenvalue weighted by Gasteiger charge is -2.28. The molecule has 5 rings (SSSR count). The van der Waals surface area contributed by atoms with E-state index in [1.165, 1.54) is 6.33 Å². The van der Waals surface area contributed by atoms with Gasteiger partial charge in [-0.15, -0.1) is 0 Å². The summed E-state index contributed by atoms with van der Waals surface area (Å²) in [5, 5.41) is 17.9. The SMILES string of the molecule is COc1ccccc1C(=O)NCc1ccc(-c2nn([C@@H]3CC[C@@H](CO)OC3)c3ncnc(N)c23)cc1. The lowest BCUT2D eigenvalue weighted by molar-refractivity contribution is -0.0403. The van der Waals surface area contributed by atoms with Gasteiger partial charge in [-0.1, -0.05) is 36.4 Å². The van der Waals surface area contributed by atoms with Crippen LogP contribution in [0.5, 0.6) is 5.75 Å². The van der Waals surface area contributed by atoms with E-state index in [1.807, 2.05) is 35.0 Å². The van der Waals surface area contributed by atoms with Crippen LogP contribution >= 0.6 is 0 Å². The van der Waals surface area contributed by atoms with Gasteiger partial charge in [0.2, 0.25) is 0 Å². The Hall–Kier alpha value is -4.02. The third-order valence-electron chi connectivity index (χ3n) is 6.45. The van der Waals surface area contributed by atoms with Crippen LogP contribution in [0.25, 0.3) is 22.3 Å². The lowest BCUT2D eigenvalue weighted by atomic mass is 10.1. The number of anilines is 1. The number of carbonyl (C=O) groups excluding carboxylic acids is 1. The third-order valence-corrected chi connectivity index (χ3v) is 6.45. The maximum Gasteiger partial charge on any atom is 0.255 e. The first kappa shape index (κ1) is 23.7. The summed E-state index contributed by atoms with van der Waals surface area (Å²) in [5.41, 5.74) is 9.88. The van der Waals surface area contributed by atoms with Crippen molar-refractivity contribution >= 4 is 22.8 Å². The Labute approximate surface area is 208 Å². The van der Waals surface area contributed by atoms with Crippen molar-refractivity contribution in [2.24, 2.45) is 0 Å². The quantitative estimate of drug-likeness (QED) is 0.361. The Balaban J connectivity index is 1.37. The summed E-state index contributed by atoms with van der Waals surface area (Å²) < 4.78 is 12.9. The number of para-hydroxylation sites is 1. The second-order valence-corrected chi connectivity index (χ2v) is 8.70. The highest BCUT2D eigenvalue weighted by Crippen LogP contribution is 2.34. The molecule has 0 saturated carbocycles. The molecular weight excluding hydrogens is 460 g/mol. The number of amides is 1. The number of nitrogen functional groups attached to an aromatic ring is 1. The van der Waals surface area contributed by atoms with Crippen molar-refractivity contribution in [2.45, 2.75) is 31.5 Å². The van der Waals surface area contributed by atoms with E-state index in [0.29, 0.717) is 47.0 Å². The molecule has 1 amide bonds. The molecule has 1 fully saturated rings. The molecule has 1 aliphatic heterocycles. The third kappa shape index (κ3) is 4.60. The zero-order chi connectivity index (χ0) is 25.1. The Morgan fingerprint density at radius 2 is 2.00 bits per heavy atom. The number of carbonyl (C=O) groups is 1. The van der Waals surface area contributed by atoms with E-state index in [-0.39, 0.29) is 24.7 Å². The molecule has 4 aromatic rings. The summed E-state index contributed by atoms with van der Waals surface area (Å²) in [7, 11) is 1.54. The summed E-state index contributed by atoms with van der Waals surface area (Å²) in [6.07, 6.45) is 2.86. The first-order valence-corrected chi connectivity index (χ1v) is 11.8. The minimum Gasteiger partial charge on any atom is -0.496 e. The van der Waals surface area contributed by atoms with Crippen molar-refractivity contribution in [1.29, 1.82) is 0 Å². The van der Waals surface area contributed by atoms with E-state index >= 15 is 0 Å². The topological polar surface area (TPSA) is 137 Å². The van der Waals surface area contributed by atoms with Gasteiger partial charge in [0, 0.05) is 12.1 Å². The standard InChI is InChI=1S/C26H28N6O4/c1-35-21-5-3-2-4-20(21)26(34)28-12-16-6-8-17(9-7-16)23-22-24(27)29-15-30-25(22)32(31-23)18-10-11-19(13-33)36-14-18/h2-9,15,18-19,33H,10-14H2,1H3,(H,28,34)(H2,27,29,30)/t18-,19+/m1/s1. The number of nitrogens with two attached hydrogens (primary N) is 1. The average Bonchev–Trinajstić information content (AvgIpc) is 3.33. The van der Waals surface area contributed by atoms with Crippen LogP contribution in [-0.2, 0) is 11.3 Å². The molecule has 2 atom stereocenters. The second kappa shape index (κ2) is 10.3. The monoisotopic (exact) mass is 488 g/mol. The maximum absolute atomic E-state index is 12.6. The fourth-order valence-electron chi connectivity index (χ4n) is 4.47. The summed E-state index contributed by atoms with van der Waals surface area (Å²) in [6.45, 7) is 0.817. The van der Waals surface area contributed by atoms with Gasteiger partial charge >= 0.3 is 0 Å². The van der Waals surface area contributed by atoms with E-state index in [1.54, 1.807) is 25.3 Å². The molecule has 36 heavy (non-hydrogen) atoms. The van der Waals surface area contributed by atoms with Gasteiger partial charge in [0.25, 0.3) is 5.91 Å². The zero-order valence-electron chi connectivity index (χ0n) is 19.9. The van der Waals surface area contributed by atoms with Gasteiger partial charge < -0.3 is 25.6 Å². The Morgan fingerprint density at radius 1 is 1.19 bits per heavy atom. The number of aromatic nitrogens is 4. The van der Waals surface area contributed by atoms with E-state index in [4.69, 9.17) is 20.3 Å². The number of methoxy groups -OCH3 is 1. The Morgan fingerprint density at radius 3 is 2.72 bits per heavy atom. The molecule has 0 spiro atoms. The molecule has 0 unspecified atom stereocenters. The molecule has 2 aromatic carbocycles. The summed E-state index contributed by atoms with van der Waals surface area (Å²) in [4.78, 5) is 21.2. The zero-order valence-corrected chi connectivity index (χ0v) is 19.9. The number of fused-ring (bicyclic) bond motifs is 1. The van der Waals surface area contributed by atoms with Gasteiger partial charge in [-0.3, -0.25) is 4.79 Å². The molecule has 0 bridgehead atoms. The fraction of sp³-hybridized carbons (Fsp3) is 0.308. The number of aliphatic hydroxyl groups excluding tert-OH is 1. The van der Waals surface area contributed by atoms with Crippen molar-refractivity contribution in [3.63, 3.8) is 0 Å². The van der Waals surface area contributed by atoms with E-state index in [9.17, 15) is 9.90 Å². The van der Waals surface area contributed by atoms with Crippen molar-refractivity contribution < 1.29 is 19.4 Å². The molecule has 1 saturated heterocycles. The molecule has 0 aliphatic carbocycles. The predicted molar refractivity (Wildman–Crippen MR) is 134 cm³/mol. The van der Waals surface area contributed by atoms with Crippen LogP contribution in [0.1, 0.15) is 34.8 Å². The van der Waals surface area contributed by atoms with Crippen molar-refractivity contribution in [1.82, 2.24) is 25.1 Å². The van der Waals surface area contributed by atoms with Crippen molar-refractivity contribution in [2.75, 3.05) is 26.1 Å². The van der Waals surface area contributed by atoms with E-state index in [0.717, 1.165) is 24.0 Å². The highest BCUT2D eigenvalue weighted by Gasteiger charge is 2.27. The van der Waals surface area contributed by atoms with E-state index in [2.05, 4.69) is 15.3 Å². The van der Waals surface area contributed by atoms with Crippen LogP contribution in [0.3, 0.4) is 0 Å². The van der Waals surface area contributed by atoms with Gasteiger partial charge in [-0.05, 0) is 30.5 Å². The summed E-state index contributed by atoms with van der Waals surface area (Å²) >= 11 is 0. The number of hydrogen-bond acceptors (Lipinski definition) is 8. The number of ether oxygens (including phenoxy) is 2. The van der Waals surface area contributed by atoms with Crippen molar-refractivity contribution in [3.8, 4) is 17.0 Å². The fourth-order valence-corrected chi connectivity index (χ4v) is 4.47. The number of nitrogens with one attached hydrogen (secondary N) is 1. The first-order valence-electron chi connectivity index (χ1n) is 11.8. The van der Waals surface area contributed by atoms with Crippen LogP contribution in [-0.4, -0.2) is 57.2 Å². The van der Waals surface area contributed by atoms with Crippen LogP contribution in [0, 0.1) is 0 Å². The molecular formula is C26H28N6O4. The van der Waals surface area contributed by atoms with Crippen LogP contribution in [0.15, 0.2) is 54.9 Å². The number of hydrogen-bond donors (Lipinski definition) is 3. The minimum atomic E-state index is -0.204. The molecule has 2 aromatic heterocycles. The Bertz CT molecular complexity index is 1360. The van der Waals surface area contributed by atoms with Gasteiger partial charge in [0.1, 0.15) is 23.6 Å². The van der Waals surface area contributed by atoms with Gasteiger partial charge in [0.15, 0.2) is 5.65 Å². The molecule has 0 radical (unpaired) electrons. The van der Waals surface area contributed by atoms with E-state index < -0.39 is 0 Å². The van der Waals surface area contributed by atoms with Gasteiger partial charge in [0.05, 0.1) is 43.4 Å². The Kier molecular flexibility index (Phi) is 6.79.